The number of carbonyl (C=O) groups excluding carboxylic acids is 1. The fourth-order valence-electron chi connectivity index (χ4n) is 6.55. The molecule has 0 heterocycles. The number of hydrogen-bond donors (Lipinski definition) is 2. The Morgan fingerprint density at radius 3 is 2.55 bits per heavy atom. The Labute approximate surface area is 198 Å². The summed E-state index contributed by atoms with van der Waals surface area (Å²) in [4.78, 5) is 23.5. The normalized spacial score (nSPS) is 38.6. The van der Waals surface area contributed by atoms with Crippen molar-refractivity contribution in [2.45, 2.75) is 97.7 Å². The molecule has 7 heteroatoms. The number of carbonyl (C=O) groups is 1. The van der Waals surface area contributed by atoms with Crippen LogP contribution in [0.15, 0.2) is 22.8 Å². The number of aliphatic hydroxyl groups excluding tert-OH is 1. The van der Waals surface area contributed by atoms with E-state index in [1.54, 1.807) is 0 Å². The van der Waals surface area contributed by atoms with E-state index in [1.165, 1.54) is 18.1 Å². The van der Waals surface area contributed by atoms with Crippen LogP contribution in [0.1, 0.15) is 73.6 Å². The molecule has 3 aliphatic carbocycles. The minimum atomic E-state index is -0.997. The van der Waals surface area contributed by atoms with Crippen molar-refractivity contribution in [3.63, 3.8) is 0 Å². The average Bonchev–Trinajstić information content (AvgIpc) is 2.68. The van der Waals surface area contributed by atoms with E-state index in [9.17, 15) is 15.0 Å². The molecule has 188 valence electrons. The second-order valence-electron chi connectivity index (χ2n) is 11.4. The Morgan fingerprint density at radius 1 is 1.27 bits per heavy atom. The molecule has 3 rings (SSSR count). The van der Waals surface area contributed by atoms with Gasteiger partial charge in [0, 0.05) is 30.2 Å². The zero-order chi connectivity index (χ0) is 24.8. The minimum absolute atomic E-state index is 0.00303. The van der Waals surface area contributed by atoms with E-state index in [0.29, 0.717) is 25.8 Å². The largest absolute Gasteiger partial charge is 0.385 e. The van der Waals surface area contributed by atoms with Gasteiger partial charge in [0.15, 0.2) is 6.29 Å². The zero-order valence-corrected chi connectivity index (χ0v) is 21.6. The highest BCUT2D eigenvalue weighted by atomic mass is 17.2. The maximum absolute atomic E-state index is 12.0. The molecule has 0 aromatic rings. The van der Waals surface area contributed by atoms with Crippen LogP contribution in [0.3, 0.4) is 0 Å². The van der Waals surface area contributed by atoms with Gasteiger partial charge in [0.1, 0.15) is 6.10 Å². The van der Waals surface area contributed by atoms with Gasteiger partial charge in [-0.3, -0.25) is 4.89 Å². The molecule has 2 N–H and O–H groups in total. The summed E-state index contributed by atoms with van der Waals surface area (Å²) in [6, 6.07) is 0. The third-order valence-corrected chi connectivity index (χ3v) is 8.34. The van der Waals surface area contributed by atoms with Crippen molar-refractivity contribution in [1.82, 2.24) is 4.90 Å². The van der Waals surface area contributed by atoms with Crippen LogP contribution in [0.2, 0.25) is 0 Å². The van der Waals surface area contributed by atoms with Crippen molar-refractivity contribution < 1.29 is 29.5 Å². The van der Waals surface area contributed by atoms with Gasteiger partial charge in [0.25, 0.3) is 0 Å². The van der Waals surface area contributed by atoms with Gasteiger partial charge >= 0.3 is 5.97 Å². The first-order valence-corrected chi connectivity index (χ1v) is 12.2. The molecule has 2 bridgehead atoms. The molecule has 0 radical (unpaired) electrons. The summed E-state index contributed by atoms with van der Waals surface area (Å²) in [6.07, 6.45) is 4.01. The highest BCUT2D eigenvalue weighted by molar-refractivity contribution is 5.65. The van der Waals surface area contributed by atoms with Crippen molar-refractivity contribution in [3.8, 4) is 0 Å². The molecule has 0 aromatic carbocycles. The van der Waals surface area contributed by atoms with E-state index in [2.05, 4.69) is 34.6 Å². The SMILES string of the molecule is CC(=O)OOC1CC[C@]2(C)/C(=C\[C@]3(O)CCC(C)=C(C(C)[C@H]2O[C@@H](O)CN(C)C)C3(C)C)C1. The Kier molecular flexibility index (Phi) is 7.52. The van der Waals surface area contributed by atoms with Crippen LogP contribution in [0.25, 0.3) is 0 Å². The van der Waals surface area contributed by atoms with Crippen LogP contribution in [0, 0.1) is 16.7 Å². The van der Waals surface area contributed by atoms with Crippen LogP contribution < -0.4 is 0 Å². The van der Waals surface area contributed by atoms with Gasteiger partial charge in [0.2, 0.25) is 0 Å². The number of allylic oxidation sites excluding steroid dienone is 1. The minimum Gasteiger partial charge on any atom is -0.385 e. The summed E-state index contributed by atoms with van der Waals surface area (Å²) in [5, 5.41) is 22.8. The molecule has 0 aliphatic heterocycles. The Balaban J connectivity index is 2.09. The molecule has 0 amide bonds. The zero-order valence-electron chi connectivity index (χ0n) is 21.6. The lowest BCUT2D eigenvalue weighted by Gasteiger charge is -2.57. The van der Waals surface area contributed by atoms with Gasteiger partial charge in [-0.15, -0.1) is 0 Å². The number of nitrogens with zero attached hydrogens (tertiary/aromatic N) is 1. The monoisotopic (exact) mass is 465 g/mol. The smallest absolute Gasteiger partial charge is 0.339 e. The highest BCUT2D eigenvalue weighted by Gasteiger charge is 2.56. The maximum Gasteiger partial charge on any atom is 0.339 e. The summed E-state index contributed by atoms with van der Waals surface area (Å²) in [5.41, 5.74) is 1.70. The summed E-state index contributed by atoms with van der Waals surface area (Å²) in [6.45, 7) is 12.5. The first-order valence-electron chi connectivity index (χ1n) is 12.2. The average molecular weight is 466 g/mol. The van der Waals surface area contributed by atoms with Crippen molar-refractivity contribution in [1.29, 1.82) is 0 Å². The lowest BCUT2D eigenvalue weighted by atomic mass is 9.52. The van der Waals surface area contributed by atoms with Gasteiger partial charge in [-0.25, -0.2) is 4.79 Å². The van der Waals surface area contributed by atoms with Crippen LogP contribution >= 0.6 is 0 Å². The topological polar surface area (TPSA) is 88.5 Å². The number of hydrogen-bond acceptors (Lipinski definition) is 7. The molecular formula is C26H43NO6. The number of aliphatic hydroxyl groups is 2. The van der Waals surface area contributed by atoms with E-state index in [1.807, 2.05) is 25.1 Å². The van der Waals surface area contributed by atoms with Gasteiger partial charge in [0.05, 0.1) is 11.7 Å². The second-order valence-corrected chi connectivity index (χ2v) is 11.4. The van der Waals surface area contributed by atoms with E-state index in [-0.39, 0.29) is 18.1 Å². The lowest BCUT2D eigenvalue weighted by molar-refractivity contribution is -0.301. The summed E-state index contributed by atoms with van der Waals surface area (Å²) in [7, 11) is 3.82. The van der Waals surface area contributed by atoms with Crippen LogP contribution in [-0.2, 0) is 19.3 Å². The quantitative estimate of drug-likeness (QED) is 0.267. The van der Waals surface area contributed by atoms with Gasteiger partial charge < -0.3 is 19.8 Å². The first-order chi connectivity index (χ1) is 15.2. The molecule has 2 unspecified atom stereocenters. The second kappa shape index (κ2) is 9.42. The molecule has 0 saturated heterocycles. The third kappa shape index (κ3) is 4.94. The Hall–Kier alpha value is -1.25. The fourth-order valence-corrected chi connectivity index (χ4v) is 6.55. The predicted molar refractivity (Wildman–Crippen MR) is 126 cm³/mol. The summed E-state index contributed by atoms with van der Waals surface area (Å²) < 4.78 is 6.45. The van der Waals surface area contributed by atoms with Crippen molar-refractivity contribution in [2.75, 3.05) is 20.6 Å². The van der Waals surface area contributed by atoms with Crippen molar-refractivity contribution in [2.24, 2.45) is 16.7 Å². The van der Waals surface area contributed by atoms with E-state index in [4.69, 9.17) is 14.5 Å². The standard InChI is InChI=1S/C26H43NO6/c1-16-9-12-26(30)14-19-13-20(33-32-18(3)28)10-11-25(19,6)23(31-21(29)15-27(7)8)17(2)22(16)24(26,4)5/h14,17,20-21,23,29-30H,9-13,15H2,1-8H3/b19-14-/t17?,20?,21-,23-,25-,26-/m1/s1. The lowest BCUT2D eigenvalue weighted by Crippen LogP contribution is -2.56. The molecule has 0 spiro atoms. The van der Waals surface area contributed by atoms with E-state index < -0.39 is 28.7 Å². The van der Waals surface area contributed by atoms with E-state index in [0.717, 1.165) is 18.4 Å². The van der Waals surface area contributed by atoms with Crippen LogP contribution in [-0.4, -0.2) is 65.8 Å². The van der Waals surface area contributed by atoms with Crippen molar-refractivity contribution >= 4 is 5.97 Å². The Bertz CT molecular complexity index is 818. The van der Waals surface area contributed by atoms with Gasteiger partial charge in [-0.05, 0) is 53.1 Å². The van der Waals surface area contributed by atoms with Gasteiger partial charge in [-0.1, -0.05) is 50.5 Å². The molecule has 1 saturated carbocycles. The first kappa shape index (κ1) is 26.4. The number of ether oxygens (including phenoxy) is 1. The molecule has 33 heavy (non-hydrogen) atoms. The number of likely N-dealkylation sites (N-methyl/N-ethyl adjacent to an activating group) is 1. The molecule has 7 nitrogen and oxygen atoms in total. The third-order valence-electron chi connectivity index (χ3n) is 8.34. The number of rotatable bonds is 6. The number of fused-ring (bicyclic) bond motifs is 3. The highest BCUT2D eigenvalue weighted by Crippen LogP contribution is 2.59. The molecule has 1 fully saturated rings. The predicted octanol–water partition coefficient (Wildman–Crippen LogP) is 3.75. The molecule has 3 aliphatic rings. The Morgan fingerprint density at radius 2 is 1.94 bits per heavy atom. The molecule has 0 aromatic heterocycles. The van der Waals surface area contributed by atoms with Crippen LogP contribution in [0.5, 0.6) is 0 Å². The van der Waals surface area contributed by atoms with Crippen LogP contribution in [0.4, 0.5) is 0 Å². The molecular weight excluding hydrogens is 422 g/mol. The van der Waals surface area contributed by atoms with E-state index >= 15 is 0 Å². The summed E-state index contributed by atoms with van der Waals surface area (Å²) in [5.74, 6) is -0.475. The maximum atomic E-state index is 12.0. The fraction of sp³-hybridized carbons (Fsp3) is 0.808. The molecule has 6 atom stereocenters. The van der Waals surface area contributed by atoms with Crippen molar-refractivity contribution in [3.05, 3.63) is 22.8 Å². The summed E-state index contributed by atoms with van der Waals surface area (Å²) >= 11 is 0. The van der Waals surface area contributed by atoms with Gasteiger partial charge in [-0.2, -0.15) is 4.89 Å².